The van der Waals surface area contributed by atoms with Gasteiger partial charge in [-0.25, -0.2) is 4.98 Å². The molecule has 3 rings (SSSR count). The molecule has 1 saturated carbocycles. The third kappa shape index (κ3) is 2.72. The molecule has 1 amide bonds. The van der Waals surface area contributed by atoms with Crippen LogP contribution in [0.4, 0.5) is 0 Å². The van der Waals surface area contributed by atoms with Crippen LogP contribution in [0.5, 0.6) is 11.6 Å². The second-order valence-corrected chi connectivity index (χ2v) is 4.77. The average molecular weight is 248 g/mol. The predicted octanol–water partition coefficient (Wildman–Crippen LogP) is 1.14. The Balaban J connectivity index is 1.54. The van der Waals surface area contributed by atoms with Crippen LogP contribution in [-0.4, -0.2) is 30.1 Å². The summed E-state index contributed by atoms with van der Waals surface area (Å²) in [7, 11) is 0. The average Bonchev–Trinajstić information content (AvgIpc) is 3.13. The number of nitrogens with one attached hydrogen (secondary N) is 1. The first-order chi connectivity index (χ1) is 8.81. The summed E-state index contributed by atoms with van der Waals surface area (Å²) in [6.45, 7) is 1.43. The highest BCUT2D eigenvalue weighted by Gasteiger charge is 2.26. The lowest BCUT2D eigenvalue weighted by atomic mass is 10.3. The zero-order valence-electron chi connectivity index (χ0n) is 10.1. The van der Waals surface area contributed by atoms with Crippen molar-refractivity contribution in [2.45, 2.75) is 25.4 Å². The fraction of sp³-hybridized carbons (Fsp3) is 0.538. The van der Waals surface area contributed by atoms with Crippen molar-refractivity contribution in [3.8, 4) is 11.6 Å². The Morgan fingerprint density at radius 3 is 2.83 bits per heavy atom. The van der Waals surface area contributed by atoms with E-state index in [1.807, 2.05) is 0 Å². The molecule has 0 radical (unpaired) electrons. The lowest BCUT2D eigenvalue weighted by Gasteiger charge is -2.11. The van der Waals surface area contributed by atoms with Crippen LogP contribution in [0.2, 0.25) is 0 Å². The number of carbonyl (C=O) groups excluding carboxylic acids is 1. The van der Waals surface area contributed by atoms with Crippen molar-refractivity contribution in [2.75, 3.05) is 13.2 Å². The molecule has 1 aliphatic carbocycles. The fourth-order valence-corrected chi connectivity index (χ4v) is 1.86. The monoisotopic (exact) mass is 248 g/mol. The van der Waals surface area contributed by atoms with Gasteiger partial charge in [-0.2, -0.15) is 0 Å². The minimum Gasteiger partial charge on any atom is -0.479 e. The van der Waals surface area contributed by atoms with Gasteiger partial charge in [0, 0.05) is 19.0 Å². The smallest absolute Gasteiger partial charge is 0.261 e. The number of amides is 1. The maximum absolute atomic E-state index is 11.3. The van der Waals surface area contributed by atoms with Gasteiger partial charge in [-0.3, -0.25) is 4.79 Å². The normalized spacial score (nSPS) is 22.7. The number of aromatic nitrogens is 1. The minimum absolute atomic E-state index is 0.0518. The Kier molecular flexibility index (Phi) is 3.04. The predicted molar refractivity (Wildman–Crippen MR) is 64.5 cm³/mol. The standard InChI is InChI=1S/C13H16N2O3/c16-13-11(5-6-14-13)18-10-3-4-12(15-7-10)17-8-9-1-2-9/h3-4,7,9,11H,1-2,5-6,8H2,(H,14,16)/t11-/m1/s1. The van der Waals surface area contributed by atoms with E-state index >= 15 is 0 Å². The molecule has 2 fully saturated rings. The van der Waals surface area contributed by atoms with Crippen LogP contribution in [0.1, 0.15) is 19.3 Å². The first kappa shape index (κ1) is 11.3. The van der Waals surface area contributed by atoms with Crippen LogP contribution in [0, 0.1) is 5.92 Å². The number of hydrogen-bond donors (Lipinski definition) is 1. The molecule has 1 aromatic heterocycles. The summed E-state index contributed by atoms with van der Waals surface area (Å²) in [5, 5.41) is 2.73. The van der Waals surface area contributed by atoms with E-state index in [0.717, 1.165) is 6.61 Å². The fourth-order valence-electron chi connectivity index (χ4n) is 1.86. The molecule has 2 aliphatic rings. The summed E-state index contributed by atoms with van der Waals surface area (Å²) >= 11 is 0. The van der Waals surface area contributed by atoms with Crippen LogP contribution in [0.3, 0.4) is 0 Å². The van der Waals surface area contributed by atoms with Crippen LogP contribution in [0.25, 0.3) is 0 Å². The van der Waals surface area contributed by atoms with Gasteiger partial charge in [0.05, 0.1) is 12.8 Å². The quantitative estimate of drug-likeness (QED) is 0.848. The molecule has 96 valence electrons. The minimum atomic E-state index is -0.384. The molecule has 1 N–H and O–H groups in total. The second kappa shape index (κ2) is 4.84. The maximum Gasteiger partial charge on any atom is 0.261 e. The highest BCUT2D eigenvalue weighted by Crippen LogP contribution is 2.29. The number of pyridine rings is 1. The van der Waals surface area contributed by atoms with E-state index in [-0.39, 0.29) is 12.0 Å². The van der Waals surface area contributed by atoms with Crippen molar-refractivity contribution in [3.05, 3.63) is 18.3 Å². The van der Waals surface area contributed by atoms with E-state index in [1.165, 1.54) is 12.8 Å². The topological polar surface area (TPSA) is 60.5 Å². The van der Waals surface area contributed by atoms with E-state index in [0.29, 0.717) is 30.5 Å². The molecule has 5 heteroatoms. The molecule has 1 aromatic rings. The van der Waals surface area contributed by atoms with Crippen LogP contribution in [0.15, 0.2) is 18.3 Å². The zero-order chi connectivity index (χ0) is 12.4. The maximum atomic E-state index is 11.3. The third-order valence-corrected chi connectivity index (χ3v) is 3.15. The van der Waals surface area contributed by atoms with E-state index in [9.17, 15) is 4.79 Å². The summed E-state index contributed by atoms with van der Waals surface area (Å²) in [4.78, 5) is 15.5. The van der Waals surface area contributed by atoms with Gasteiger partial charge in [0.15, 0.2) is 6.10 Å². The number of ether oxygens (including phenoxy) is 2. The molecule has 1 saturated heterocycles. The second-order valence-electron chi connectivity index (χ2n) is 4.77. The molecule has 2 heterocycles. The SMILES string of the molecule is O=C1NCC[C@H]1Oc1ccc(OCC2CC2)nc1. The van der Waals surface area contributed by atoms with Crippen molar-refractivity contribution in [1.82, 2.24) is 10.3 Å². The Morgan fingerprint density at radius 1 is 1.33 bits per heavy atom. The van der Waals surface area contributed by atoms with Crippen molar-refractivity contribution in [2.24, 2.45) is 5.92 Å². The Hall–Kier alpha value is -1.78. The van der Waals surface area contributed by atoms with Gasteiger partial charge in [-0.05, 0) is 24.8 Å². The van der Waals surface area contributed by atoms with Crippen molar-refractivity contribution >= 4 is 5.91 Å². The van der Waals surface area contributed by atoms with Crippen LogP contribution >= 0.6 is 0 Å². The Morgan fingerprint density at radius 2 is 2.22 bits per heavy atom. The Labute approximate surface area is 105 Å². The molecule has 1 aliphatic heterocycles. The summed E-state index contributed by atoms with van der Waals surface area (Å²) in [5.74, 6) is 1.88. The van der Waals surface area contributed by atoms with Gasteiger partial charge < -0.3 is 14.8 Å². The lowest BCUT2D eigenvalue weighted by molar-refractivity contribution is -0.124. The summed E-state index contributed by atoms with van der Waals surface area (Å²) in [6, 6.07) is 3.57. The molecule has 0 bridgehead atoms. The summed E-state index contributed by atoms with van der Waals surface area (Å²) in [6.07, 6.45) is 4.45. The summed E-state index contributed by atoms with van der Waals surface area (Å²) in [5.41, 5.74) is 0. The number of carbonyl (C=O) groups is 1. The van der Waals surface area contributed by atoms with Gasteiger partial charge in [0.2, 0.25) is 5.88 Å². The molecular weight excluding hydrogens is 232 g/mol. The zero-order valence-corrected chi connectivity index (χ0v) is 10.1. The van der Waals surface area contributed by atoms with Crippen LogP contribution < -0.4 is 14.8 Å². The molecule has 0 spiro atoms. The lowest BCUT2D eigenvalue weighted by Crippen LogP contribution is -2.27. The van der Waals surface area contributed by atoms with Gasteiger partial charge in [-0.15, -0.1) is 0 Å². The molecule has 18 heavy (non-hydrogen) atoms. The molecule has 1 atom stereocenters. The van der Waals surface area contributed by atoms with Gasteiger partial charge >= 0.3 is 0 Å². The molecule has 5 nitrogen and oxygen atoms in total. The molecular formula is C13H16N2O3. The largest absolute Gasteiger partial charge is 0.479 e. The van der Waals surface area contributed by atoms with Crippen molar-refractivity contribution in [1.29, 1.82) is 0 Å². The Bertz CT molecular complexity index is 428. The van der Waals surface area contributed by atoms with E-state index in [1.54, 1.807) is 18.3 Å². The number of hydrogen-bond acceptors (Lipinski definition) is 4. The van der Waals surface area contributed by atoms with E-state index in [2.05, 4.69) is 10.3 Å². The number of nitrogens with zero attached hydrogens (tertiary/aromatic N) is 1. The van der Waals surface area contributed by atoms with E-state index in [4.69, 9.17) is 9.47 Å². The third-order valence-electron chi connectivity index (χ3n) is 3.15. The number of rotatable bonds is 5. The first-order valence-electron chi connectivity index (χ1n) is 6.34. The highest BCUT2D eigenvalue weighted by atomic mass is 16.5. The van der Waals surface area contributed by atoms with Crippen LogP contribution in [-0.2, 0) is 4.79 Å². The first-order valence-corrected chi connectivity index (χ1v) is 6.34. The van der Waals surface area contributed by atoms with Gasteiger partial charge in [0.25, 0.3) is 5.91 Å². The molecule has 0 unspecified atom stereocenters. The van der Waals surface area contributed by atoms with Gasteiger partial charge in [0.1, 0.15) is 5.75 Å². The molecule has 0 aromatic carbocycles. The van der Waals surface area contributed by atoms with Gasteiger partial charge in [-0.1, -0.05) is 0 Å². The van der Waals surface area contributed by atoms with E-state index < -0.39 is 0 Å². The summed E-state index contributed by atoms with van der Waals surface area (Å²) < 4.78 is 11.1. The van der Waals surface area contributed by atoms with Crippen molar-refractivity contribution in [3.63, 3.8) is 0 Å². The van der Waals surface area contributed by atoms with Crippen molar-refractivity contribution < 1.29 is 14.3 Å². The highest BCUT2D eigenvalue weighted by molar-refractivity contribution is 5.83.